The molecule has 2 aromatic rings. The van der Waals surface area contributed by atoms with E-state index in [0.717, 1.165) is 17.0 Å². The molecule has 0 radical (unpaired) electrons. The van der Waals surface area contributed by atoms with Crippen LogP contribution in [0.4, 0.5) is 5.69 Å². The molecule has 1 amide bonds. The Hall–Kier alpha value is -3.08. The van der Waals surface area contributed by atoms with E-state index in [1.165, 1.54) is 7.11 Å². The van der Waals surface area contributed by atoms with Crippen molar-refractivity contribution >= 4 is 23.6 Å². The number of ether oxygens (including phenoxy) is 2. The third kappa shape index (κ3) is 4.42. The highest BCUT2D eigenvalue weighted by atomic mass is 16.5. The molecule has 5 heteroatoms. The van der Waals surface area contributed by atoms with E-state index in [-0.39, 0.29) is 23.8 Å². The van der Waals surface area contributed by atoms with Crippen LogP contribution in [-0.4, -0.2) is 32.1 Å². The minimum atomic E-state index is -0.241. The fourth-order valence-electron chi connectivity index (χ4n) is 3.47. The Morgan fingerprint density at radius 2 is 1.79 bits per heavy atom. The summed E-state index contributed by atoms with van der Waals surface area (Å²) in [6.07, 6.45) is 5.74. The standard InChI is InChI=1S/C23H25NO4/c1-27-19-14-12-18(13-15-19)24-21(16-11-17-7-4-3-5-8-17)20(23(24)26)9-6-10-22(25)28-2/h3-5,7-8,11-16,20-21H,6,9-10H2,1-2H3/b16-11+/t20-,21-/m0/s1. The summed E-state index contributed by atoms with van der Waals surface area (Å²) >= 11 is 0. The van der Waals surface area contributed by atoms with Crippen LogP contribution in [0.1, 0.15) is 24.8 Å². The third-order valence-electron chi connectivity index (χ3n) is 5.02. The summed E-state index contributed by atoms with van der Waals surface area (Å²) in [5, 5.41) is 0. The maximum atomic E-state index is 12.8. The van der Waals surface area contributed by atoms with Crippen molar-refractivity contribution in [3.8, 4) is 5.75 Å². The number of amides is 1. The summed E-state index contributed by atoms with van der Waals surface area (Å²) < 4.78 is 9.90. The van der Waals surface area contributed by atoms with Gasteiger partial charge in [0, 0.05) is 12.1 Å². The zero-order valence-corrected chi connectivity index (χ0v) is 16.2. The summed E-state index contributed by atoms with van der Waals surface area (Å²) in [6, 6.07) is 17.5. The van der Waals surface area contributed by atoms with E-state index in [0.29, 0.717) is 19.3 Å². The fourth-order valence-corrected chi connectivity index (χ4v) is 3.47. The quantitative estimate of drug-likeness (QED) is 0.512. The maximum Gasteiger partial charge on any atom is 0.305 e. The predicted molar refractivity (Wildman–Crippen MR) is 109 cm³/mol. The summed E-state index contributed by atoms with van der Waals surface area (Å²) in [4.78, 5) is 26.0. The van der Waals surface area contributed by atoms with Crippen molar-refractivity contribution in [3.63, 3.8) is 0 Å². The number of nitrogens with zero attached hydrogens (tertiary/aromatic N) is 1. The molecule has 2 atom stereocenters. The second kappa shape index (κ2) is 9.22. The van der Waals surface area contributed by atoms with Crippen molar-refractivity contribution in [1.82, 2.24) is 0 Å². The third-order valence-corrected chi connectivity index (χ3v) is 5.02. The zero-order chi connectivity index (χ0) is 19.9. The van der Waals surface area contributed by atoms with Gasteiger partial charge in [-0.05, 0) is 42.7 Å². The number of benzene rings is 2. The molecule has 1 saturated heterocycles. The molecule has 0 spiro atoms. The van der Waals surface area contributed by atoms with Gasteiger partial charge in [0.25, 0.3) is 0 Å². The molecule has 0 saturated carbocycles. The summed E-state index contributed by atoms with van der Waals surface area (Å²) in [7, 11) is 3.00. The molecular weight excluding hydrogens is 354 g/mol. The van der Waals surface area contributed by atoms with Crippen LogP contribution >= 0.6 is 0 Å². The number of anilines is 1. The number of hydrogen-bond acceptors (Lipinski definition) is 4. The van der Waals surface area contributed by atoms with Crippen molar-refractivity contribution in [2.75, 3.05) is 19.1 Å². The summed E-state index contributed by atoms with van der Waals surface area (Å²) in [5.74, 6) is 0.461. The van der Waals surface area contributed by atoms with Gasteiger partial charge in [-0.2, -0.15) is 0 Å². The lowest BCUT2D eigenvalue weighted by Gasteiger charge is -2.46. The molecule has 0 aliphatic carbocycles. The Balaban J connectivity index is 1.76. The normalized spacial score (nSPS) is 18.8. The fraction of sp³-hybridized carbons (Fsp3) is 0.304. The number of methoxy groups -OCH3 is 2. The Bertz CT molecular complexity index is 829. The second-order valence-corrected chi connectivity index (χ2v) is 6.74. The molecule has 0 unspecified atom stereocenters. The maximum absolute atomic E-state index is 12.8. The van der Waals surface area contributed by atoms with Crippen LogP contribution in [0.15, 0.2) is 60.7 Å². The van der Waals surface area contributed by atoms with Crippen LogP contribution in [0.3, 0.4) is 0 Å². The van der Waals surface area contributed by atoms with Gasteiger partial charge in [-0.3, -0.25) is 9.59 Å². The number of esters is 1. The first kappa shape index (κ1) is 19.7. The molecule has 0 N–H and O–H groups in total. The van der Waals surface area contributed by atoms with Crippen LogP contribution in [0.5, 0.6) is 5.75 Å². The lowest BCUT2D eigenvalue weighted by Crippen LogP contribution is -2.60. The molecule has 1 aliphatic rings. The highest BCUT2D eigenvalue weighted by Crippen LogP contribution is 2.37. The van der Waals surface area contributed by atoms with Gasteiger partial charge in [0.2, 0.25) is 5.91 Å². The van der Waals surface area contributed by atoms with Gasteiger partial charge < -0.3 is 14.4 Å². The molecule has 28 heavy (non-hydrogen) atoms. The first-order valence-corrected chi connectivity index (χ1v) is 9.41. The number of rotatable bonds is 8. The van der Waals surface area contributed by atoms with Gasteiger partial charge in [0.05, 0.1) is 26.2 Å². The zero-order valence-electron chi connectivity index (χ0n) is 16.2. The van der Waals surface area contributed by atoms with Gasteiger partial charge in [-0.1, -0.05) is 42.5 Å². The van der Waals surface area contributed by atoms with Gasteiger partial charge in [0.15, 0.2) is 0 Å². The number of β-lactam (4-membered cyclic amide) rings is 1. The van der Waals surface area contributed by atoms with E-state index in [1.807, 2.05) is 65.6 Å². The van der Waals surface area contributed by atoms with E-state index in [4.69, 9.17) is 9.47 Å². The van der Waals surface area contributed by atoms with Crippen molar-refractivity contribution in [1.29, 1.82) is 0 Å². The van der Waals surface area contributed by atoms with Crippen molar-refractivity contribution in [2.45, 2.75) is 25.3 Å². The van der Waals surface area contributed by atoms with E-state index >= 15 is 0 Å². The molecule has 5 nitrogen and oxygen atoms in total. The highest BCUT2D eigenvalue weighted by molar-refractivity contribution is 6.04. The monoisotopic (exact) mass is 379 g/mol. The minimum absolute atomic E-state index is 0.0428. The number of carbonyl (C=O) groups excluding carboxylic acids is 2. The van der Waals surface area contributed by atoms with E-state index in [2.05, 4.69) is 6.08 Å². The van der Waals surface area contributed by atoms with E-state index < -0.39 is 0 Å². The molecule has 2 aromatic carbocycles. The molecule has 1 heterocycles. The average molecular weight is 379 g/mol. The van der Waals surface area contributed by atoms with Crippen LogP contribution in [0, 0.1) is 5.92 Å². The average Bonchev–Trinajstić information content (AvgIpc) is 2.74. The van der Waals surface area contributed by atoms with Crippen LogP contribution < -0.4 is 9.64 Å². The summed E-state index contributed by atoms with van der Waals surface area (Å²) in [5.41, 5.74) is 1.93. The van der Waals surface area contributed by atoms with Gasteiger partial charge in [-0.15, -0.1) is 0 Å². The van der Waals surface area contributed by atoms with Crippen molar-refractivity contribution < 1.29 is 19.1 Å². The van der Waals surface area contributed by atoms with Crippen molar-refractivity contribution in [3.05, 3.63) is 66.2 Å². The van der Waals surface area contributed by atoms with E-state index in [9.17, 15) is 9.59 Å². The lowest BCUT2D eigenvalue weighted by molar-refractivity contribution is -0.141. The molecule has 3 rings (SSSR count). The lowest BCUT2D eigenvalue weighted by atomic mass is 9.82. The first-order valence-electron chi connectivity index (χ1n) is 9.41. The van der Waals surface area contributed by atoms with Crippen LogP contribution in [-0.2, 0) is 14.3 Å². The number of carbonyl (C=O) groups is 2. The van der Waals surface area contributed by atoms with Crippen molar-refractivity contribution in [2.24, 2.45) is 5.92 Å². The molecular formula is C23H25NO4. The summed E-state index contributed by atoms with van der Waals surface area (Å²) in [6.45, 7) is 0. The number of hydrogen-bond donors (Lipinski definition) is 0. The topological polar surface area (TPSA) is 55.8 Å². The van der Waals surface area contributed by atoms with Gasteiger partial charge >= 0.3 is 5.97 Å². The van der Waals surface area contributed by atoms with Crippen LogP contribution in [0.2, 0.25) is 0 Å². The van der Waals surface area contributed by atoms with E-state index in [1.54, 1.807) is 7.11 Å². The largest absolute Gasteiger partial charge is 0.497 e. The molecule has 0 bridgehead atoms. The second-order valence-electron chi connectivity index (χ2n) is 6.74. The Kier molecular flexibility index (Phi) is 6.48. The molecule has 0 aromatic heterocycles. The SMILES string of the molecule is COC(=O)CCC[C@@H]1C(=O)N(c2ccc(OC)cc2)[C@H]1/C=C/c1ccccc1. The van der Waals surface area contributed by atoms with Gasteiger partial charge in [-0.25, -0.2) is 0 Å². The molecule has 146 valence electrons. The van der Waals surface area contributed by atoms with Gasteiger partial charge in [0.1, 0.15) is 5.75 Å². The highest BCUT2D eigenvalue weighted by Gasteiger charge is 2.45. The minimum Gasteiger partial charge on any atom is -0.497 e. The predicted octanol–water partition coefficient (Wildman–Crippen LogP) is 4.08. The van der Waals surface area contributed by atoms with Crippen LogP contribution in [0.25, 0.3) is 6.08 Å². The Morgan fingerprint density at radius 1 is 1.07 bits per heavy atom. The Labute approximate surface area is 165 Å². The molecule has 1 aliphatic heterocycles. The first-order chi connectivity index (χ1) is 13.6. The molecule has 1 fully saturated rings. The Morgan fingerprint density at radius 3 is 2.43 bits per heavy atom. The smallest absolute Gasteiger partial charge is 0.305 e.